The molecule has 1 fully saturated rings. The van der Waals surface area contributed by atoms with Crippen LogP contribution in [0.4, 0.5) is 0 Å². The van der Waals surface area contributed by atoms with Crippen LogP contribution in [0.2, 0.25) is 0 Å². The van der Waals surface area contributed by atoms with Crippen LogP contribution >= 0.6 is 23.1 Å². The summed E-state index contributed by atoms with van der Waals surface area (Å²) < 4.78 is 4.91. The standard InChI is InChI=1S/C16H22N4O3S2/c1-10-14(24-9-17-10)13-8-25-16(19-13,18-11(2)21)20-6-4-5-12(7-20)15(22)23-3/h8-9,12,19H,4-7H2,1-3H3,(H,18,21). The Bertz CT molecular complexity index is 705. The number of hydrogen-bond acceptors (Lipinski definition) is 8. The summed E-state index contributed by atoms with van der Waals surface area (Å²) in [6.45, 7) is 4.79. The fraction of sp³-hybridized carbons (Fsp3) is 0.562. The Kier molecular flexibility index (Phi) is 5.35. The number of aromatic nitrogens is 1. The number of rotatable bonds is 4. The summed E-state index contributed by atoms with van der Waals surface area (Å²) in [6.07, 6.45) is 1.68. The molecular weight excluding hydrogens is 360 g/mol. The van der Waals surface area contributed by atoms with Crippen LogP contribution in [0.3, 0.4) is 0 Å². The predicted molar refractivity (Wildman–Crippen MR) is 98.4 cm³/mol. The number of carbonyl (C=O) groups excluding carboxylic acids is 2. The minimum Gasteiger partial charge on any atom is -0.469 e. The number of thioether (sulfide) groups is 1. The quantitative estimate of drug-likeness (QED) is 0.767. The smallest absolute Gasteiger partial charge is 0.309 e. The Morgan fingerprint density at radius 1 is 1.52 bits per heavy atom. The monoisotopic (exact) mass is 382 g/mol. The maximum atomic E-state index is 12.0. The van der Waals surface area contributed by atoms with Gasteiger partial charge in [0.1, 0.15) is 0 Å². The Labute approximate surface area is 155 Å². The van der Waals surface area contributed by atoms with Gasteiger partial charge in [0.25, 0.3) is 0 Å². The molecule has 2 aliphatic rings. The highest BCUT2D eigenvalue weighted by atomic mass is 32.2. The lowest BCUT2D eigenvalue weighted by atomic mass is 9.98. The van der Waals surface area contributed by atoms with E-state index in [1.54, 1.807) is 11.3 Å². The van der Waals surface area contributed by atoms with E-state index in [2.05, 4.69) is 20.5 Å². The average Bonchev–Trinajstić information content (AvgIpc) is 3.20. The zero-order valence-electron chi connectivity index (χ0n) is 14.5. The Hall–Kier alpha value is -1.58. The van der Waals surface area contributed by atoms with E-state index < -0.39 is 5.12 Å². The topological polar surface area (TPSA) is 83.6 Å². The van der Waals surface area contributed by atoms with Crippen molar-refractivity contribution < 1.29 is 14.3 Å². The Morgan fingerprint density at radius 2 is 2.32 bits per heavy atom. The van der Waals surface area contributed by atoms with Crippen LogP contribution in [0.25, 0.3) is 5.70 Å². The van der Waals surface area contributed by atoms with Gasteiger partial charge < -0.3 is 15.4 Å². The number of piperidine rings is 1. The summed E-state index contributed by atoms with van der Waals surface area (Å²) in [5, 5.41) is 7.72. The van der Waals surface area contributed by atoms with Gasteiger partial charge in [-0.25, -0.2) is 4.98 Å². The fourth-order valence-corrected chi connectivity index (χ4v) is 5.21. The lowest BCUT2D eigenvalue weighted by molar-refractivity contribution is -0.148. The second-order valence-corrected chi connectivity index (χ2v) is 8.09. The van der Waals surface area contributed by atoms with Crippen molar-refractivity contribution >= 4 is 40.7 Å². The minimum atomic E-state index is -0.787. The molecule has 2 aliphatic heterocycles. The van der Waals surface area contributed by atoms with Gasteiger partial charge in [-0.15, -0.1) is 11.3 Å². The van der Waals surface area contributed by atoms with Crippen LogP contribution in [0.1, 0.15) is 30.3 Å². The van der Waals surface area contributed by atoms with Crippen molar-refractivity contribution in [3.63, 3.8) is 0 Å². The van der Waals surface area contributed by atoms with E-state index in [9.17, 15) is 9.59 Å². The third-order valence-corrected chi connectivity index (χ3v) is 6.51. The number of nitrogens with one attached hydrogen (secondary N) is 2. The Balaban J connectivity index is 1.82. The molecule has 1 aromatic rings. The highest BCUT2D eigenvalue weighted by molar-refractivity contribution is 8.03. The number of ether oxygens (including phenoxy) is 1. The SMILES string of the molecule is COC(=O)C1CCCN(C2(NC(C)=O)NC(c3scnc3C)=CS2)C1. The zero-order chi connectivity index (χ0) is 18.0. The molecule has 0 aliphatic carbocycles. The number of amides is 1. The molecule has 9 heteroatoms. The van der Waals surface area contributed by atoms with E-state index in [4.69, 9.17) is 4.74 Å². The first kappa shape index (κ1) is 18.2. The van der Waals surface area contributed by atoms with Gasteiger partial charge in [-0.1, -0.05) is 11.8 Å². The molecule has 25 heavy (non-hydrogen) atoms. The molecular formula is C16H22N4O3S2. The van der Waals surface area contributed by atoms with Crippen molar-refractivity contribution in [2.45, 2.75) is 31.8 Å². The van der Waals surface area contributed by atoms with Crippen LogP contribution in [0, 0.1) is 12.8 Å². The van der Waals surface area contributed by atoms with Crippen molar-refractivity contribution in [2.75, 3.05) is 20.2 Å². The van der Waals surface area contributed by atoms with Crippen LogP contribution < -0.4 is 10.6 Å². The molecule has 3 rings (SSSR count). The molecule has 2 atom stereocenters. The van der Waals surface area contributed by atoms with E-state index in [1.165, 1.54) is 25.8 Å². The van der Waals surface area contributed by atoms with Crippen LogP contribution in [-0.4, -0.2) is 47.1 Å². The number of methoxy groups -OCH3 is 1. The lowest BCUT2D eigenvalue weighted by Gasteiger charge is -2.44. The zero-order valence-corrected chi connectivity index (χ0v) is 16.1. The van der Waals surface area contributed by atoms with Crippen molar-refractivity contribution in [3.05, 3.63) is 21.5 Å². The maximum absolute atomic E-state index is 12.0. The number of hydrogen-bond donors (Lipinski definition) is 2. The highest BCUT2D eigenvalue weighted by Crippen LogP contribution is 2.40. The van der Waals surface area contributed by atoms with Crippen molar-refractivity contribution in [2.24, 2.45) is 5.92 Å². The second kappa shape index (κ2) is 7.35. The second-order valence-electron chi connectivity index (χ2n) is 6.17. The van der Waals surface area contributed by atoms with Gasteiger partial charge in [0.05, 0.1) is 34.8 Å². The first-order chi connectivity index (χ1) is 11.9. The molecule has 2 N–H and O–H groups in total. The molecule has 2 unspecified atom stereocenters. The number of nitrogens with zero attached hydrogens (tertiary/aromatic N) is 2. The van der Waals surface area contributed by atoms with Crippen molar-refractivity contribution in [1.29, 1.82) is 0 Å². The van der Waals surface area contributed by atoms with Gasteiger partial charge in [0, 0.05) is 25.4 Å². The van der Waals surface area contributed by atoms with E-state index in [-0.39, 0.29) is 17.8 Å². The van der Waals surface area contributed by atoms with Gasteiger partial charge in [0.2, 0.25) is 11.0 Å². The minimum absolute atomic E-state index is 0.129. The predicted octanol–water partition coefficient (Wildman–Crippen LogP) is 1.72. The van der Waals surface area contributed by atoms with E-state index in [0.29, 0.717) is 6.54 Å². The molecule has 0 bridgehead atoms. The molecule has 1 saturated heterocycles. The maximum Gasteiger partial charge on any atom is 0.309 e. The van der Waals surface area contributed by atoms with Crippen LogP contribution in [0.5, 0.6) is 0 Å². The number of likely N-dealkylation sites (tertiary alicyclic amines) is 1. The lowest BCUT2D eigenvalue weighted by Crippen LogP contribution is -2.66. The van der Waals surface area contributed by atoms with E-state index in [1.807, 2.05) is 17.8 Å². The largest absolute Gasteiger partial charge is 0.469 e. The molecule has 3 heterocycles. The molecule has 0 radical (unpaired) electrons. The molecule has 136 valence electrons. The third-order valence-electron chi connectivity index (χ3n) is 4.39. The first-order valence-electron chi connectivity index (χ1n) is 8.13. The van der Waals surface area contributed by atoms with Gasteiger partial charge in [-0.3, -0.25) is 14.5 Å². The van der Waals surface area contributed by atoms with E-state index >= 15 is 0 Å². The third kappa shape index (κ3) is 3.68. The summed E-state index contributed by atoms with van der Waals surface area (Å²) in [6, 6.07) is 0. The molecule has 0 saturated carbocycles. The summed E-state index contributed by atoms with van der Waals surface area (Å²) in [5.74, 6) is -0.506. The number of thiazole rings is 1. The highest BCUT2D eigenvalue weighted by Gasteiger charge is 2.45. The van der Waals surface area contributed by atoms with Gasteiger partial charge in [-0.2, -0.15) is 0 Å². The number of aryl methyl sites for hydroxylation is 1. The summed E-state index contributed by atoms with van der Waals surface area (Å²) in [7, 11) is 1.42. The summed E-state index contributed by atoms with van der Waals surface area (Å²) >= 11 is 3.07. The first-order valence-corrected chi connectivity index (χ1v) is 9.89. The van der Waals surface area contributed by atoms with Gasteiger partial charge in [0.15, 0.2) is 0 Å². The molecule has 1 amide bonds. The summed E-state index contributed by atoms with van der Waals surface area (Å²) in [5.41, 5.74) is 3.71. The average molecular weight is 383 g/mol. The molecule has 1 aromatic heterocycles. The molecule has 0 spiro atoms. The van der Waals surface area contributed by atoms with E-state index in [0.717, 1.165) is 35.7 Å². The number of carbonyl (C=O) groups is 2. The Morgan fingerprint density at radius 3 is 2.96 bits per heavy atom. The van der Waals surface area contributed by atoms with Gasteiger partial charge in [-0.05, 0) is 19.8 Å². The number of esters is 1. The van der Waals surface area contributed by atoms with Crippen molar-refractivity contribution in [3.8, 4) is 0 Å². The van der Waals surface area contributed by atoms with Crippen LogP contribution in [0.15, 0.2) is 10.9 Å². The summed E-state index contributed by atoms with van der Waals surface area (Å²) in [4.78, 5) is 31.3. The van der Waals surface area contributed by atoms with Gasteiger partial charge >= 0.3 is 5.97 Å². The molecule has 0 aromatic carbocycles. The van der Waals surface area contributed by atoms with Crippen molar-refractivity contribution in [1.82, 2.24) is 20.5 Å². The molecule has 7 nitrogen and oxygen atoms in total. The van der Waals surface area contributed by atoms with Crippen LogP contribution in [-0.2, 0) is 14.3 Å². The normalized spacial score (nSPS) is 26.7. The fourth-order valence-electron chi connectivity index (χ4n) is 3.21.